The summed E-state index contributed by atoms with van der Waals surface area (Å²) in [7, 11) is 0. The van der Waals surface area contributed by atoms with E-state index in [4.69, 9.17) is 0 Å². The zero-order valence-corrected chi connectivity index (χ0v) is 10.1. The molecule has 1 amide bonds. The molecular formula is C12H15F3N2O. The molecule has 0 radical (unpaired) electrons. The van der Waals surface area contributed by atoms with Gasteiger partial charge < -0.3 is 5.32 Å². The van der Waals surface area contributed by atoms with E-state index in [1.54, 1.807) is 30.3 Å². The van der Waals surface area contributed by atoms with Crippen LogP contribution >= 0.6 is 0 Å². The maximum atomic E-state index is 12.1. The molecule has 0 bridgehead atoms. The summed E-state index contributed by atoms with van der Waals surface area (Å²) in [5, 5.41) is 4.73. The number of anilines is 1. The van der Waals surface area contributed by atoms with Crippen molar-refractivity contribution in [1.29, 1.82) is 0 Å². The zero-order chi connectivity index (χ0) is 13.8. The second-order valence-electron chi connectivity index (χ2n) is 4.41. The minimum absolute atomic E-state index is 0.516. The number of benzene rings is 1. The van der Waals surface area contributed by atoms with Gasteiger partial charge in [0.05, 0.1) is 12.1 Å². The number of amides is 1. The van der Waals surface area contributed by atoms with Gasteiger partial charge in [-0.2, -0.15) is 13.2 Å². The highest BCUT2D eigenvalue weighted by Gasteiger charge is 2.34. The lowest BCUT2D eigenvalue weighted by atomic mass is 10.0. The van der Waals surface area contributed by atoms with Crippen molar-refractivity contribution >= 4 is 11.6 Å². The molecule has 3 nitrogen and oxygen atoms in total. The number of carbonyl (C=O) groups is 1. The molecule has 0 aliphatic rings. The van der Waals surface area contributed by atoms with Crippen LogP contribution in [0, 0.1) is 0 Å². The Morgan fingerprint density at radius 3 is 2.22 bits per heavy atom. The first-order valence-electron chi connectivity index (χ1n) is 5.39. The minimum Gasteiger partial charge on any atom is -0.325 e. The first-order chi connectivity index (χ1) is 8.21. The van der Waals surface area contributed by atoms with Gasteiger partial charge in [0, 0.05) is 5.69 Å². The topological polar surface area (TPSA) is 41.1 Å². The minimum atomic E-state index is -4.34. The number of carbonyl (C=O) groups excluding carboxylic acids is 1. The van der Waals surface area contributed by atoms with Crippen LogP contribution in [0.5, 0.6) is 0 Å². The molecular weight excluding hydrogens is 245 g/mol. The molecule has 0 heterocycles. The van der Waals surface area contributed by atoms with Crippen molar-refractivity contribution in [2.45, 2.75) is 25.6 Å². The van der Waals surface area contributed by atoms with Gasteiger partial charge in [-0.15, -0.1) is 0 Å². The normalized spacial score (nSPS) is 12.3. The summed E-state index contributed by atoms with van der Waals surface area (Å²) in [6.45, 7) is 1.59. The number of hydrogen-bond acceptors (Lipinski definition) is 2. The Hall–Kier alpha value is -1.56. The van der Waals surface area contributed by atoms with Crippen LogP contribution in [0.15, 0.2) is 30.3 Å². The van der Waals surface area contributed by atoms with Crippen LogP contribution in [0.4, 0.5) is 18.9 Å². The third-order valence-corrected chi connectivity index (χ3v) is 2.33. The second-order valence-corrected chi connectivity index (χ2v) is 4.41. The zero-order valence-electron chi connectivity index (χ0n) is 10.1. The Kier molecular flexibility index (Phi) is 4.34. The summed E-state index contributed by atoms with van der Waals surface area (Å²) in [5.41, 5.74) is -0.755. The summed E-state index contributed by atoms with van der Waals surface area (Å²) in [5.74, 6) is -0.516. The van der Waals surface area contributed by atoms with E-state index in [1.807, 2.05) is 0 Å². The molecule has 0 aliphatic heterocycles. The van der Waals surface area contributed by atoms with Crippen molar-refractivity contribution in [2.75, 3.05) is 11.9 Å². The first-order valence-corrected chi connectivity index (χ1v) is 5.39. The third kappa shape index (κ3) is 4.75. The number of para-hydroxylation sites is 1. The average molecular weight is 260 g/mol. The van der Waals surface area contributed by atoms with Gasteiger partial charge in [-0.3, -0.25) is 10.1 Å². The van der Waals surface area contributed by atoms with Crippen molar-refractivity contribution in [3.8, 4) is 0 Å². The summed E-state index contributed by atoms with van der Waals surface area (Å²) in [6, 6.07) is 8.57. The van der Waals surface area contributed by atoms with E-state index in [1.165, 1.54) is 13.8 Å². The van der Waals surface area contributed by atoms with Crippen LogP contribution in [0.25, 0.3) is 0 Å². The maximum Gasteiger partial charge on any atom is 0.401 e. The van der Waals surface area contributed by atoms with Gasteiger partial charge in [0.15, 0.2) is 0 Å². The van der Waals surface area contributed by atoms with Gasteiger partial charge >= 0.3 is 6.18 Å². The molecule has 0 aliphatic carbocycles. The predicted octanol–water partition coefficient (Wildman–Crippen LogP) is 2.56. The molecule has 2 N–H and O–H groups in total. The highest BCUT2D eigenvalue weighted by Crippen LogP contribution is 2.16. The average Bonchev–Trinajstić information content (AvgIpc) is 2.27. The van der Waals surface area contributed by atoms with E-state index in [-0.39, 0.29) is 0 Å². The Bertz CT molecular complexity index is 402. The third-order valence-electron chi connectivity index (χ3n) is 2.33. The summed E-state index contributed by atoms with van der Waals surface area (Å²) in [6.07, 6.45) is -4.34. The van der Waals surface area contributed by atoms with Crippen molar-refractivity contribution in [1.82, 2.24) is 5.32 Å². The van der Waals surface area contributed by atoms with Gasteiger partial charge in [-0.25, -0.2) is 0 Å². The molecule has 0 spiro atoms. The van der Waals surface area contributed by atoms with Gasteiger partial charge in [0.2, 0.25) is 5.91 Å². The molecule has 6 heteroatoms. The lowest BCUT2D eigenvalue weighted by molar-refractivity contribution is -0.133. The van der Waals surface area contributed by atoms with Gasteiger partial charge in [-0.05, 0) is 26.0 Å². The molecule has 1 rings (SSSR count). The SMILES string of the molecule is CC(C)(NCC(F)(F)F)C(=O)Nc1ccccc1. The fourth-order valence-electron chi connectivity index (χ4n) is 1.21. The lowest BCUT2D eigenvalue weighted by Gasteiger charge is -2.25. The Morgan fingerprint density at radius 1 is 1.17 bits per heavy atom. The van der Waals surface area contributed by atoms with E-state index in [0.717, 1.165) is 0 Å². The number of nitrogens with one attached hydrogen (secondary N) is 2. The van der Waals surface area contributed by atoms with Gasteiger partial charge in [-0.1, -0.05) is 18.2 Å². The number of rotatable bonds is 4. The first kappa shape index (κ1) is 14.5. The molecule has 0 saturated heterocycles. The van der Waals surface area contributed by atoms with Crippen LogP contribution in [0.2, 0.25) is 0 Å². The molecule has 0 aromatic heterocycles. The van der Waals surface area contributed by atoms with Crippen LogP contribution in [0.3, 0.4) is 0 Å². The summed E-state index contributed by atoms with van der Waals surface area (Å²) >= 11 is 0. The Balaban J connectivity index is 2.59. The van der Waals surface area contributed by atoms with E-state index < -0.39 is 24.2 Å². The number of hydrogen-bond donors (Lipinski definition) is 2. The Morgan fingerprint density at radius 2 is 1.72 bits per heavy atom. The highest BCUT2D eigenvalue weighted by atomic mass is 19.4. The molecule has 0 saturated carbocycles. The molecule has 1 aromatic rings. The van der Waals surface area contributed by atoms with Crippen molar-refractivity contribution in [2.24, 2.45) is 0 Å². The smallest absolute Gasteiger partial charge is 0.325 e. The highest BCUT2D eigenvalue weighted by molar-refractivity contribution is 5.97. The number of alkyl halides is 3. The Labute approximate surface area is 103 Å². The predicted molar refractivity (Wildman–Crippen MR) is 63.2 cm³/mol. The fraction of sp³-hybridized carbons (Fsp3) is 0.417. The molecule has 100 valence electrons. The molecule has 1 aromatic carbocycles. The van der Waals surface area contributed by atoms with Crippen LogP contribution in [0.1, 0.15) is 13.8 Å². The lowest BCUT2D eigenvalue weighted by Crippen LogP contribution is -2.52. The largest absolute Gasteiger partial charge is 0.401 e. The van der Waals surface area contributed by atoms with E-state index in [9.17, 15) is 18.0 Å². The summed E-state index contributed by atoms with van der Waals surface area (Å²) < 4.78 is 36.2. The molecule has 0 atom stereocenters. The van der Waals surface area contributed by atoms with Crippen molar-refractivity contribution in [3.63, 3.8) is 0 Å². The van der Waals surface area contributed by atoms with Crippen molar-refractivity contribution < 1.29 is 18.0 Å². The second kappa shape index (κ2) is 5.39. The van der Waals surface area contributed by atoms with Gasteiger partial charge in [0.1, 0.15) is 0 Å². The van der Waals surface area contributed by atoms with E-state index >= 15 is 0 Å². The molecule has 18 heavy (non-hydrogen) atoms. The van der Waals surface area contributed by atoms with E-state index in [0.29, 0.717) is 5.69 Å². The molecule has 0 fully saturated rings. The maximum absolute atomic E-state index is 12.1. The standard InChI is InChI=1S/C12H15F3N2O/c1-11(2,16-8-12(13,14)15)10(18)17-9-6-4-3-5-7-9/h3-7,16H,8H2,1-2H3,(H,17,18). The quantitative estimate of drug-likeness (QED) is 0.873. The van der Waals surface area contributed by atoms with Gasteiger partial charge in [0.25, 0.3) is 0 Å². The number of halogens is 3. The van der Waals surface area contributed by atoms with Crippen molar-refractivity contribution in [3.05, 3.63) is 30.3 Å². The molecule has 0 unspecified atom stereocenters. The van der Waals surface area contributed by atoms with E-state index in [2.05, 4.69) is 10.6 Å². The van der Waals surface area contributed by atoms with Crippen LogP contribution in [-0.4, -0.2) is 24.2 Å². The van der Waals surface area contributed by atoms with Crippen LogP contribution < -0.4 is 10.6 Å². The fourth-order valence-corrected chi connectivity index (χ4v) is 1.21. The monoisotopic (exact) mass is 260 g/mol. The van der Waals surface area contributed by atoms with Crippen LogP contribution in [-0.2, 0) is 4.79 Å². The summed E-state index contributed by atoms with van der Waals surface area (Å²) in [4.78, 5) is 11.8.